The van der Waals surface area contributed by atoms with Crippen LogP contribution in [-0.4, -0.2) is 17.6 Å². The Hall–Kier alpha value is -1.10. The number of nitrogens with one attached hydrogen (secondary N) is 2. The zero-order valence-corrected chi connectivity index (χ0v) is 7.86. The fourth-order valence-corrected chi connectivity index (χ4v) is 1.37. The van der Waals surface area contributed by atoms with Crippen LogP contribution in [0.1, 0.15) is 11.8 Å². The van der Waals surface area contributed by atoms with E-state index in [-0.39, 0.29) is 6.03 Å². The number of rotatable bonds is 2. The molecular weight excluding hydrogens is 174 g/mol. The molecule has 1 aromatic heterocycles. The van der Waals surface area contributed by atoms with Crippen LogP contribution in [0.15, 0.2) is 6.20 Å². The van der Waals surface area contributed by atoms with Crippen molar-refractivity contribution >= 4 is 22.5 Å². The van der Waals surface area contributed by atoms with Crippen LogP contribution in [-0.2, 0) is 0 Å². The largest absolute Gasteiger partial charge is 0.338 e. The molecule has 0 saturated carbocycles. The smallest absolute Gasteiger partial charge is 0.321 e. The van der Waals surface area contributed by atoms with E-state index in [0.717, 1.165) is 4.88 Å². The Kier molecular flexibility index (Phi) is 3.04. The summed E-state index contributed by atoms with van der Waals surface area (Å²) >= 11 is 1.46. The summed E-state index contributed by atoms with van der Waals surface area (Å²) in [6, 6.07) is -0.202. The standard InChI is InChI=1S/C7H11N3OS/c1-3-8-6(11)10-7-9-4-5(2)12-7/h4H,3H2,1-2H3,(H2,8,9,10,11). The van der Waals surface area contributed by atoms with Crippen molar-refractivity contribution in [3.63, 3.8) is 0 Å². The number of anilines is 1. The van der Waals surface area contributed by atoms with Crippen LogP contribution in [0.25, 0.3) is 0 Å². The van der Waals surface area contributed by atoms with Crippen molar-refractivity contribution in [2.75, 3.05) is 11.9 Å². The van der Waals surface area contributed by atoms with Gasteiger partial charge in [-0.2, -0.15) is 0 Å². The highest BCUT2D eigenvalue weighted by atomic mass is 32.1. The second-order valence-electron chi connectivity index (χ2n) is 2.26. The molecule has 66 valence electrons. The maximum atomic E-state index is 11.0. The van der Waals surface area contributed by atoms with Gasteiger partial charge < -0.3 is 5.32 Å². The summed E-state index contributed by atoms with van der Waals surface area (Å²) in [6.45, 7) is 4.43. The number of carbonyl (C=O) groups excluding carboxylic acids is 1. The van der Waals surface area contributed by atoms with Gasteiger partial charge in [0.05, 0.1) is 0 Å². The highest BCUT2D eigenvalue weighted by Crippen LogP contribution is 2.15. The number of hydrogen-bond acceptors (Lipinski definition) is 3. The van der Waals surface area contributed by atoms with E-state index in [1.807, 2.05) is 13.8 Å². The summed E-state index contributed by atoms with van der Waals surface area (Å²) in [6.07, 6.45) is 1.73. The van der Waals surface area contributed by atoms with Crippen molar-refractivity contribution in [1.82, 2.24) is 10.3 Å². The number of urea groups is 1. The minimum atomic E-state index is -0.202. The molecule has 0 atom stereocenters. The first kappa shape index (κ1) is 8.99. The molecule has 1 aromatic rings. The lowest BCUT2D eigenvalue weighted by Crippen LogP contribution is -2.28. The minimum Gasteiger partial charge on any atom is -0.338 e. The molecule has 1 heterocycles. The first-order valence-corrected chi connectivity index (χ1v) is 4.51. The second kappa shape index (κ2) is 4.06. The first-order chi connectivity index (χ1) is 5.72. The summed E-state index contributed by atoms with van der Waals surface area (Å²) in [5.74, 6) is 0. The van der Waals surface area contributed by atoms with Crippen LogP contribution in [0.5, 0.6) is 0 Å². The molecule has 0 saturated heterocycles. The van der Waals surface area contributed by atoms with Gasteiger partial charge in [0.15, 0.2) is 5.13 Å². The van der Waals surface area contributed by atoms with Crippen molar-refractivity contribution in [2.24, 2.45) is 0 Å². The van der Waals surface area contributed by atoms with Crippen molar-refractivity contribution in [1.29, 1.82) is 0 Å². The fourth-order valence-electron chi connectivity index (χ4n) is 0.714. The molecule has 1 rings (SSSR count). The maximum absolute atomic E-state index is 11.0. The Balaban J connectivity index is 2.46. The van der Waals surface area contributed by atoms with E-state index in [1.165, 1.54) is 11.3 Å². The molecule has 4 nitrogen and oxygen atoms in total. The first-order valence-electron chi connectivity index (χ1n) is 3.69. The number of hydrogen-bond donors (Lipinski definition) is 2. The summed E-state index contributed by atoms with van der Waals surface area (Å²) < 4.78 is 0. The van der Waals surface area contributed by atoms with Gasteiger partial charge in [-0.15, -0.1) is 11.3 Å². The van der Waals surface area contributed by atoms with Gasteiger partial charge in [-0.25, -0.2) is 9.78 Å². The summed E-state index contributed by atoms with van der Waals surface area (Å²) in [5, 5.41) is 5.88. The van der Waals surface area contributed by atoms with Crippen LogP contribution in [0, 0.1) is 6.92 Å². The molecule has 0 unspecified atom stereocenters. The van der Waals surface area contributed by atoms with Gasteiger partial charge in [-0.1, -0.05) is 0 Å². The number of nitrogens with zero attached hydrogens (tertiary/aromatic N) is 1. The molecule has 0 aliphatic carbocycles. The molecule has 2 N–H and O–H groups in total. The van der Waals surface area contributed by atoms with Gasteiger partial charge in [0.2, 0.25) is 0 Å². The molecule has 0 aliphatic rings. The molecule has 2 amide bonds. The van der Waals surface area contributed by atoms with E-state index >= 15 is 0 Å². The number of aromatic nitrogens is 1. The van der Waals surface area contributed by atoms with Crippen LogP contribution < -0.4 is 10.6 Å². The topological polar surface area (TPSA) is 54.0 Å². The third-order valence-electron chi connectivity index (χ3n) is 1.18. The average Bonchev–Trinajstić information content (AvgIpc) is 2.36. The maximum Gasteiger partial charge on any atom is 0.321 e. The summed E-state index contributed by atoms with van der Waals surface area (Å²) in [5.41, 5.74) is 0. The van der Waals surface area contributed by atoms with Gasteiger partial charge in [0.25, 0.3) is 0 Å². The Morgan fingerprint density at radius 1 is 1.75 bits per heavy atom. The van der Waals surface area contributed by atoms with E-state index in [4.69, 9.17) is 0 Å². The highest BCUT2D eigenvalue weighted by Gasteiger charge is 2.01. The van der Waals surface area contributed by atoms with Gasteiger partial charge in [-0.05, 0) is 13.8 Å². The number of aryl methyl sites for hydroxylation is 1. The zero-order valence-electron chi connectivity index (χ0n) is 7.05. The Morgan fingerprint density at radius 3 is 3.00 bits per heavy atom. The molecule has 0 fully saturated rings. The lowest BCUT2D eigenvalue weighted by atomic mass is 10.7. The molecular formula is C7H11N3OS. The van der Waals surface area contributed by atoms with Gasteiger partial charge in [-0.3, -0.25) is 5.32 Å². The molecule has 5 heteroatoms. The van der Waals surface area contributed by atoms with E-state index in [1.54, 1.807) is 6.20 Å². The predicted octanol–water partition coefficient (Wildman–Crippen LogP) is 1.59. The molecule has 0 aliphatic heterocycles. The Labute approximate surface area is 75.0 Å². The second-order valence-corrected chi connectivity index (χ2v) is 3.50. The quantitative estimate of drug-likeness (QED) is 0.735. The SMILES string of the molecule is CCNC(=O)Nc1ncc(C)s1. The van der Waals surface area contributed by atoms with Crippen LogP contribution in [0.3, 0.4) is 0 Å². The Bertz CT molecular complexity index is 271. The average molecular weight is 185 g/mol. The summed E-state index contributed by atoms with van der Waals surface area (Å²) in [4.78, 5) is 16.0. The van der Waals surface area contributed by atoms with Crippen molar-refractivity contribution < 1.29 is 4.79 Å². The third kappa shape index (κ3) is 2.50. The van der Waals surface area contributed by atoms with Crippen molar-refractivity contribution in [2.45, 2.75) is 13.8 Å². The third-order valence-corrected chi connectivity index (χ3v) is 2.01. The monoisotopic (exact) mass is 185 g/mol. The van der Waals surface area contributed by atoms with Crippen LogP contribution in [0.2, 0.25) is 0 Å². The van der Waals surface area contributed by atoms with Gasteiger partial charge in [0, 0.05) is 17.6 Å². The van der Waals surface area contributed by atoms with E-state index in [2.05, 4.69) is 15.6 Å². The number of thiazole rings is 1. The zero-order chi connectivity index (χ0) is 8.97. The lowest BCUT2D eigenvalue weighted by molar-refractivity contribution is 0.252. The molecule has 0 bridgehead atoms. The van der Waals surface area contributed by atoms with E-state index in [9.17, 15) is 4.79 Å². The molecule has 0 aromatic carbocycles. The highest BCUT2D eigenvalue weighted by molar-refractivity contribution is 7.15. The van der Waals surface area contributed by atoms with E-state index < -0.39 is 0 Å². The molecule has 12 heavy (non-hydrogen) atoms. The van der Waals surface area contributed by atoms with Crippen LogP contribution >= 0.6 is 11.3 Å². The molecule has 0 radical (unpaired) electrons. The predicted molar refractivity (Wildman–Crippen MR) is 49.5 cm³/mol. The van der Waals surface area contributed by atoms with Crippen molar-refractivity contribution in [3.05, 3.63) is 11.1 Å². The number of amides is 2. The summed E-state index contributed by atoms with van der Waals surface area (Å²) in [7, 11) is 0. The van der Waals surface area contributed by atoms with Crippen molar-refractivity contribution in [3.8, 4) is 0 Å². The van der Waals surface area contributed by atoms with Gasteiger partial charge >= 0.3 is 6.03 Å². The van der Waals surface area contributed by atoms with Crippen LogP contribution in [0.4, 0.5) is 9.93 Å². The van der Waals surface area contributed by atoms with E-state index in [0.29, 0.717) is 11.7 Å². The minimum absolute atomic E-state index is 0.202. The lowest BCUT2D eigenvalue weighted by Gasteiger charge is -2.00. The molecule has 0 spiro atoms. The number of carbonyl (C=O) groups is 1. The fraction of sp³-hybridized carbons (Fsp3) is 0.429. The Morgan fingerprint density at radius 2 is 2.50 bits per heavy atom. The van der Waals surface area contributed by atoms with Gasteiger partial charge in [0.1, 0.15) is 0 Å². The normalized spacial score (nSPS) is 9.50.